The molecule has 5 heteroatoms. The zero-order valence-corrected chi connectivity index (χ0v) is 11.6. The van der Waals surface area contributed by atoms with Crippen LogP contribution >= 0.6 is 11.6 Å². The molecule has 0 unspecified atom stereocenters. The predicted molar refractivity (Wildman–Crippen MR) is 79.2 cm³/mol. The Labute approximate surface area is 120 Å². The van der Waals surface area contributed by atoms with Crippen molar-refractivity contribution in [3.8, 4) is 22.9 Å². The number of nitrogens with zero attached hydrogens (tertiary/aromatic N) is 2. The number of aryl methyl sites for hydroxylation is 1. The highest BCUT2D eigenvalue weighted by atomic mass is 35.5. The second kappa shape index (κ2) is 4.72. The zero-order valence-electron chi connectivity index (χ0n) is 10.8. The predicted octanol–water partition coefficient (Wildman–Crippen LogP) is 3.79. The highest BCUT2D eigenvalue weighted by Crippen LogP contribution is 2.31. The Morgan fingerprint density at radius 2 is 1.80 bits per heavy atom. The summed E-state index contributed by atoms with van der Waals surface area (Å²) in [6.45, 7) is 2.74. The minimum absolute atomic E-state index is 0.00717. The van der Waals surface area contributed by atoms with Crippen LogP contribution in [0.1, 0.15) is 6.92 Å². The molecule has 0 radical (unpaired) electrons. The third-order valence-corrected chi connectivity index (χ3v) is 3.42. The number of aromatic hydroxyl groups is 2. The molecule has 20 heavy (non-hydrogen) atoms. The van der Waals surface area contributed by atoms with E-state index >= 15 is 0 Å². The lowest BCUT2D eigenvalue weighted by molar-refractivity contribution is 0.451. The third-order valence-electron chi connectivity index (χ3n) is 3.19. The van der Waals surface area contributed by atoms with Gasteiger partial charge in [0, 0.05) is 23.2 Å². The van der Waals surface area contributed by atoms with Gasteiger partial charge in [0.1, 0.15) is 17.3 Å². The molecule has 0 saturated carbocycles. The first-order valence-electron chi connectivity index (χ1n) is 6.27. The maximum atomic E-state index is 9.62. The molecule has 2 N–H and O–H groups in total. The van der Waals surface area contributed by atoms with Gasteiger partial charge in [-0.15, -0.1) is 0 Å². The van der Waals surface area contributed by atoms with Crippen molar-refractivity contribution in [1.82, 2.24) is 9.55 Å². The van der Waals surface area contributed by atoms with Crippen LogP contribution in [0.15, 0.2) is 36.4 Å². The van der Waals surface area contributed by atoms with Crippen molar-refractivity contribution in [3.05, 3.63) is 41.4 Å². The summed E-state index contributed by atoms with van der Waals surface area (Å²) in [6, 6.07) is 9.99. The molecule has 0 amide bonds. The number of rotatable bonds is 2. The SMILES string of the molecule is CCn1c(-c2cc(O)cc(O)c2)nc2cc(Cl)ccc21. The number of fused-ring (bicyclic) bond motifs is 1. The normalized spacial score (nSPS) is 11.1. The number of benzene rings is 2. The number of phenols is 2. The van der Waals surface area contributed by atoms with Crippen LogP contribution in [0.3, 0.4) is 0 Å². The molecule has 0 spiro atoms. The molecule has 0 atom stereocenters. The average Bonchev–Trinajstić information content (AvgIpc) is 2.75. The fraction of sp³-hybridized carbons (Fsp3) is 0.133. The van der Waals surface area contributed by atoms with Gasteiger partial charge in [-0.3, -0.25) is 0 Å². The molecule has 0 fully saturated rings. The summed E-state index contributed by atoms with van der Waals surface area (Å²) in [5.41, 5.74) is 2.42. The molecule has 2 aromatic carbocycles. The summed E-state index contributed by atoms with van der Waals surface area (Å²) in [7, 11) is 0. The quantitative estimate of drug-likeness (QED) is 0.754. The van der Waals surface area contributed by atoms with Gasteiger partial charge in [-0.1, -0.05) is 11.6 Å². The van der Waals surface area contributed by atoms with Crippen LogP contribution in [0.25, 0.3) is 22.4 Å². The molecule has 0 aliphatic rings. The Kier molecular flexibility index (Phi) is 3.03. The summed E-state index contributed by atoms with van der Waals surface area (Å²) in [4.78, 5) is 4.55. The van der Waals surface area contributed by atoms with Crippen molar-refractivity contribution in [2.75, 3.05) is 0 Å². The summed E-state index contributed by atoms with van der Waals surface area (Å²) in [6.07, 6.45) is 0. The van der Waals surface area contributed by atoms with Crippen LogP contribution < -0.4 is 0 Å². The van der Waals surface area contributed by atoms with Gasteiger partial charge in [0.15, 0.2) is 0 Å². The number of imidazole rings is 1. The van der Waals surface area contributed by atoms with Crippen molar-refractivity contribution in [2.45, 2.75) is 13.5 Å². The van der Waals surface area contributed by atoms with Gasteiger partial charge in [0.2, 0.25) is 0 Å². The standard InChI is InChI=1S/C15H13ClN2O2/c1-2-18-14-4-3-10(16)7-13(14)17-15(18)9-5-11(19)8-12(20)6-9/h3-8,19-20H,2H2,1H3. The van der Waals surface area contributed by atoms with Crippen molar-refractivity contribution < 1.29 is 10.2 Å². The molecule has 1 heterocycles. The Hall–Kier alpha value is -2.20. The van der Waals surface area contributed by atoms with Crippen LogP contribution in [-0.2, 0) is 6.54 Å². The summed E-state index contributed by atoms with van der Waals surface area (Å²) < 4.78 is 2.01. The Morgan fingerprint density at radius 3 is 2.45 bits per heavy atom. The first-order chi connectivity index (χ1) is 9.58. The number of hydrogen-bond acceptors (Lipinski definition) is 3. The van der Waals surface area contributed by atoms with Crippen LogP contribution in [0.2, 0.25) is 5.02 Å². The van der Waals surface area contributed by atoms with Gasteiger partial charge in [-0.25, -0.2) is 4.98 Å². The smallest absolute Gasteiger partial charge is 0.141 e. The molecular formula is C15H13ClN2O2. The van der Waals surface area contributed by atoms with E-state index < -0.39 is 0 Å². The van der Waals surface area contributed by atoms with Gasteiger partial charge >= 0.3 is 0 Å². The largest absolute Gasteiger partial charge is 0.508 e. The lowest BCUT2D eigenvalue weighted by Crippen LogP contribution is -1.97. The monoisotopic (exact) mass is 288 g/mol. The number of halogens is 1. The van der Waals surface area contributed by atoms with E-state index in [4.69, 9.17) is 11.6 Å². The van der Waals surface area contributed by atoms with E-state index in [-0.39, 0.29) is 11.5 Å². The van der Waals surface area contributed by atoms with Gasteiger partial charge in [-0.05, 0) is 37.3 Å². The highest BCUT2D eigenvalue weighted by Gasteiger charge is 2.13. The Balaban J connectivity index is 2.29. The van der Waals surface area contributed by atoms with Gasteiger partial charge < -0.3 is 14.8 Å². The number of hydrogen-bond donors (Lipinski definition) is 2. The van der Waals surface area contributed by atoms with Gasteiger partial charge in [-0.2, -0.15) is 0 Å². The van der Waals surface area contributed by atoms with E-state index in [0.717, 1.165) is 17.6 Å². The van der Waals surface area contributed by atoms with Crippen LogP contribution in [0, 0.1) is 0 Å². The second-order valence-corrected chi connectivity index (χ2v) is 4.99. The Bertz CT molecular complexity index is 776. The van der Waals surface area contributed by atoms with E-state index in [2.05, 4.69) is 4.98 Å². The molecule has 0 aliphatic heterocycles. The average molecular weight is 289 g/mol. The van der Waals surface area contributed by atoms with Crippen molar-refractivity contribution >= 4 is 22.6 Å². The summed E-state index contributed by atoms with van der Waals surface area (Å²) in [5, 5.41) is 19.9. The summed E-state index contributed by atoms with van der Waals surface area (Å²) >= 11 is 5.99. The van der Waals surface area contributed by atoms with Crippen molar-refractivity contribution in [2.24, 2.45) is 0 Å². The maximum absolute atomic E-state index is 9.62. The van der Waals surface area contributed by atoms with Gasteiger partial charge in [0.05, 0.1) is 11.0 Å². The fourth-order valence-electron chi connectivity index (χ4n) is 2.37. The molecular weight excluding hydrogens is 276 g/mol. The van der Waals surface area contributed by atoms with Crippen LogP contribution in [0.5, 0.6) is 11.5 Å². The first kappa shape index (κ1) is 12.8. The van der Waals surface area contributed by atoms with E-state index in [9.17, 15) is 10.2 Å². The lowest BCUT2D eigenvalue weighted by atomic mass is 10.2. The fourth-order valence-corrected chi connectivity index (χ4v) is 2.53. The van der Waals surface area contributed by atoms with Crippen LogP contribution in [-0.4, -0.2) is 19.8 Å². The van der Waals surface area contributed by atoms with Crippen molar-refractivity contribution in [3.63, 3.8) is 0 Å². The zero-order chi connectivity index (χ0) is 14.3. The number of phenolic OH excluding ortho intramolecular Hbond substituents is 2. The molecule has 102 valence electrons. The molecule has 0 aliphatic carbocycles. The maximum Gasteiger partial charge on any atom is 0.141 e. The minimum Gasteiger partial charge on any atom is -0.508 e. The topological polar surface area (TPSA) is 58.3 Å². The lowest BCUT2D eigenvalue weighted by Gasteiger charge is -2.07. The molecule has 1 aromatic heterocycles. The van der Waals surface area contributed by atoms with E-state index in [1.165, 1.54) is 6.07 Å². The molecule has 3 aromatic rings. The molecule has 0 bridgehead atoms. The van der Waals surface area contributed by atoms with Crippen LogP contribution in [0.4, 0.5) is 0 Å². The molecule has 4 nitrogen and oxygen atoms in total. The third kappa shape index (κ3) is 2.08. The molecule has 0 saturated heterocycles. The first-order valence-corrected chi connectivity index (χ1v) is 6.65. The van der Waals surface area contributed by atoms with Gasteiger partial charge in [0.25, 0.3) is 0 Å². The Morgan fingerprint density at radius 1 is 1.10 bits per heavy atom. The second-order valence-electron chi connectivity index (χ2n) is 4.55. The van der Waals surface area contributed by atoms with E-state index in [0.29, 0.717) is 16.4 Å². The van der Waals surface area contributed by atoms with Crippen molar-refractivity contribution in [1.29, 1.82) is 0 Å². The minimum atomic E-state index is 0.00717. The van der Waals surface area contributed by atoms with E-state index in [1.54, 1.807) is 18.2 Å². The van der Waals surface area contributed by atoms with E-state index in [1.807, 2.05) is 23.6 Å². The molecule has 3 rings (SSSR count). The number of aromatic nitrogens is 2. The highest BCUT2D eigenvalue weighted by molar-refractivity contribution is 6.31. The summed E-state index contributed by atoms with van der Waals surface area (Å²) in [5.74, 6) is 0.705.